The molecule has 1 aliphatic heterocycles. The van der Waals surface area contributed by atoms with Gasteiger partial charge in [0.15, 0.2) is 0 Å². The van der Waals surface area contributed by atoms with Gasteiger partial charge in [-0.1, -0.05) is 23.7 Å². The van der Waals surface area contributed by atoms with Crippen molar-refractivity contribution in [2.45, 2.75) is 19.4 Å². The molecule has 0 saturated carbocycles. The number of nitrogens with one attached hydrogen (secondary N) is 2. The van der Waals surface area contributed by atoms with Gasteiger partial charge < -0.3 is 15.4 Å². The van der Waals surface area contributed by atoms with Crippen LogP contribution in [0.2, 0.25) is 5.02 Å². The molecular formula is C21H19ClN4O3. The number of amides is 2. The first kappa shape index (κ1) is 19.0. The number of carbonyl (C=O) groups excluding carboxylic acids is 2. The van der Waals surface area contributed by atoms with Gasteiger partial charge in [-0.25, -0.2) is 4.68 Å². The third-order valence-corrected chi connectivity index (χ3v) is 5.07. The number of anilines is 2. The molecule has 1 aliphatic rings. The molecule has 29 heavy (non-hydrogen) atoms. The van der Waals surface area contributed by atoms with E-state index in [0.29, 0.717) is 28.0 Å². The Balaban J connectivity index is 1.67. The maximum Gasteiger partial charge on any atom is 0.249 e. The zero-order chi connectivity index (χ0) is 20.5. The lowest BCUT2D eigenvalue weighted by Gasteiger charge is -2.24. The quantitative estimate of drug-likeness (QED) is 0.679. The zero-order valence-electron chi connectivity index (χ0n) is 15.9. The first-order valence-corrected chi connectivity index (χ1v) is 9.44. The van der Waals surface area contributed by atoms with Crippen LogP contribution >= 0.6 is 11.6 Å². The summed E-state index contributed by atoms with van der Waals surface area (Å²) in [5.41, 5.74) is 2.89. The highest BCUT2D eigenvalue weighted by molar-refractivity contribution is 6.30. The first-order valence-electron chi connectivity index (χ1n) is 9.06. The number of methoxy groups -OCH3 is 1. The molecule has 0 bridgehead atoms. The number of hydrogen-bond acceptors (Lipinski definition) is 4. The molecule has 1 atom stereocenters. The summed E-state index contributed by atoms with van der Waals surface area (Å²) in [4.78, 5) is 25.2. The zero-order valence-corrected chi connectivity index (χ0v) is 16.7. The van der Waals surface area contributed by atoms with Crippen LogP contribution in [0.15, 0.2) is 48.5 Å². The minimum atomic E-state index is -0.757. The molecule has 2 amide bonds. The minimum Gasteiger partial charge on any atom is -0.497 e. The van der Waals surface area contributed by atoms with Gasteiger partial charge in [0, 0.05) is 21.8 Å². The number of hydrogen-bond donors (Lipinski definition) is 2. The molecule has 0 saturated heterocycles. The number of ether oxygens (including phenoxy) is 1. The summed E-state index contributed by atoms with van der Waals surface area (Å²) in [5.74, 6) is 0.668. The van der Waals surface area contributed by atoms with E-state index in [0.717, 1.165) is 11.1 Å². The molecule has 0 unspecified atom stereocenters. The SMILES string of the molecule is COc1ccc(NC(=O)[C@@H]2CC(=O)Nc3c(C)c(-c4cccc(Cl)c4)nn32)cc1. The highest BCUT2D eigenvalue weighted by atomic mass is 35.5. The molecule has 1 aromatic heterocycles. The fraction of sp³-hybridized carbons (Fsp3) is 0.190. The summed E-state index contributed by atoms with van der Waals surface area (Å²) in [6.45, 7) is 1.86. The first-order chi connectivity index (χ1) is 14.0. The summed E-state index contributed by atoms with van der Waals surface area (Å²) in [6.07, 6.45) is 0.00505. The van der Waals surface area contributed by atoms with E-state index >= 15 is 0 Å². The molecular weight excluding hydrogens is 392 g/mol. The van der Waals surface area contributed by atoms with E-state index in [9.17, 15) is 9.59 Å². The fourth-order valence-electron chi connectivity index (χ4n) is 3.35. The summed E-state index contributed by atoms with van der Waals surface area (Å²) in [7, 11) is 1.58. The lowest BCUT2D eigenvalue weighted by atomic mass is 10.1. The molecule has 2 aromatic carbocycles. The van der Waals surface area contributed by atoms with Gasteiger partial charge >= 0.3 is 0 Å². The lowest BCUT2D eigenvalue weighted by Crippen LogP contribution is -2.35. The molecule has 2 heterocycles. The molecule has 7 nitrogen and oxygen atoms in total. The smallest absolute Gasteiger partial charge is 0.249 e. The van der Waals surface area contributed by atoms with Crippen LogP contribution in [0, 0.1) is 6.92 Å². The van der Waals surface area contributed by atoms with Gasteiger partial charge in [-0.3, -0.25) is 9.59 Å². The largest absolute Gasteiger partial charge is 0.497 e. The molecule has 0 spiro atoms. The topological polar surface area (TPSA) is 85.2 Å². The number of nitrogens with zero attached hydrogens (tertiary/aromatic N) is 2. The second-order valence-electron chi connectivity index (χ2n) is 6.76. The second-order valence-corrected chi connectivity index (χ2v) is 7.20. The van der Waals surface area contributed by atoms with Crippen molar-refractivity contribution in [3.8, 4) is 17.0 Å². The average Bonchev–Trinajstić information content (AvgIpc) is 3.04. The van der Waals surface area contributed by atoms with Crippen LogP contribution < -0.4 is 15.4 Å². The van der Waals surface area contributed by atoms with Crippen LogP contribution in [0.3, 0.4) is 0 Å². The molecule has 4 rings (SSSR count). The van der Waals surface area contributed by atoms with Gasteiger partial charge in [-0.2, -0.15) is 5.10 Å². The predicted octanol–water partition coefficient (Wildman–Crippen LogP) is 4.04. The molecule has 0 aliphatic carbocycles. The minimum absolute atomic E-state index is 0.00505. The Morgan fingerprint density at radius 1 is 1.28 bits per heavy atom. The van der Waals surface area contributed by atoms with Crippen molar-refractivity contribution >= 4 is 34.9 Å². The standard InChI is InChI=1S/C21H19ClN4O3/c1-12-19(13-4-3-5-14(22)10-13)25-26-17(11-18(27)24-20(12)26)21(28)23-15-6-8-16(29-2)9-7-15/h3-10,17H,11H2,1-2H3,(H,23,28)(H,24,27)/t17-/m0/s1. The molecule has 0 fully saturated rings. The normalized spacial score (nSPS) is 15.4. The Kier molecular flexibility index (Phi) is 4.98. The Morgan fingerprint density at radius 2 is 2.03 bits per heavy atom. The fourth-order valence-corrected chi connectivity index (χ4v) is 3.54. The second kappa shape index (κ2) is 7.60. The Labute approximate surface area is 172 Å². The van der Waals surface area contributed by atoms with E-state index in [1.807, 2.05) is 19.1 Å². The van der Waals surface area contributed by atoms with Crippen molar-refractivity contribution < 1.29 is 14.3 Å². The van der Waals surface area contributed by atoms with Crippen molar-refractivity contribution in [2.24, 2.45) is 0 Å². The van der Waals surface area contributed by atoms with E-state index in [1.54, 1.807) is 48.2 Å². The summed E-state index contributed by atoms with van der Waals surface area (Å²) < 4.78 is 6.70. The highest BCUT2D eigenvalue weighted by Gasteiger charge is 2.34. The van der Waals surface area contributed by atoms with E-state index in [1.165, 1.54) is 0 Å². The van der Waals surface area contributed by atoms with Crippen molar-refractivity contribution in [1.29, 1.82) is 0 Å². The van der Waals surface area contributed by atoms with E-state index in [4.69, 9.17) is 16.3 Å². The molecule has 0 radical (unpaired) electrons. The van der Waals surface area contributed by atoms with Gasteiger partial charge in [0.05, 0.1) is 19.2 Å². The average molecular weight is 411 g/mol. The van der Waals surface area contributed by atoms with Gasteiger partial charge in [-0.05, 0) is 43.3 Å². The van der Waals surface area contributed by atoms with E-state index in [2.05, 4.69) is 15.7 Å². The Morgan fingerprint density at radius 3 is 2.72 bits per heavy atom. The van der Waals surface area contributed by atoms with E-state index < -0.39 is 6.04 Å². The van der Waals surface area contributed by atoms with Gasteiger partial charge in [0.2, 0.25) is 11.8 Å². The third kappa shape index (κ3) is 3.69. The van der Waals surface area contributed by atoms with Gasteiger partial charge in [0.25, 0.3) is 0 Å². The van der Waals surface area contributed by atoms with Gasteiger partial charge in [0.1, 0.15) is 17.6 Å². The van der Waals surface area contributed by atoms with Crippen molar-refractivity contribution in [2.75, 3.05) is 17.7 Å². The molecule has 148 valence electrons. The number of benzene rings is 2. The van der Waals surface area contributed by atoms with Crippen molar-refractivity contribution in [3.05, 3.63) is 59.1 Å². The van der Waals surface area contributed by atoms with Crippen molar-refractivity contribution in [3.63, 3.8) is 0 Å². The number of aromatic nitrogens is 2. The maximum atomic E-state index is 12.9. The van der Waals surface area contributed by atoms with Crippen molar-refractivity contribution in [1.82, 2.24) is 9.78 Å². The van der Waals surface area contributed by atoms with E-state index in [-0.39, 0.29) is 18.2 Å². The number of rotatable bonds is 4. The van der Waals surface area contributed by atoms with Crippen LogP contribution in [0.25, 0.3) is 11.3 Å². The van der Waals surface area contributed by atoms with Crippen LogP contribution in [-0.2, 0) is 9.59 Å². The highest BCUT2D eigenvalue weighted by Crippen LogP contribution is 2.35. The summed E-state index contributed by atoms with van der Waals surface area (Å²) >= 11 is 6.11. The lowest BCUT2D eigenvalue weighted by molar-refractivity contribution is -0.125. The molecule has 2 N–H and O–H groups in total. The van der Waals surface area contributed by atoms with Crippen LogP contribution in [0.1, 0.15) is 18.0 Å². The number of fused-ring (bicyclic) bond motifs is 1. The van der Waals surface area contributed by atoms with Crippen LogP contribution in [0.5, 0.6) is 5.75 Å². The van der Waals surface area contributed by atoms with Crippen LogP contribution in [-0.4, -0.2) is 28.7 Å². The maximum absolute atomic E-state index is 12.9. The number of halogens is 1. The Bertz CT molecular complexity index is 1090. The molecule has 3 aromatic rings. The molecule has 8 heteroatoms. The van der Waals surface area contributed by atoms with Gasteiger partial charge in [-0.15, -0.1) is 0 Å². The summed E-state index contributed by atoms with van der Waals surface area (Å²) in [5, 5.41) is 10.9. The third-order valence-electron chi connectivity index (χ3n) is 4.84. The monoisotopic (exact) mass is 410 g/mol. The van der Waals surface area contributed by atoms with Crippen LogP contribution in [0.4, 0.5) is 11.5 Å². The Hall–Kier alpha value is -3.32. The number of carbonyl (C=O) groups is 2. The summed E-state index contributed by atoms with van der Waals surface area (Å²) in [6, 6.07) is 13.5. The predicted molar refractivity (Wildman–Crippen MR) is 111 cm³/mol.